The van der Waals surface area contributed by atoms with Crippen molar-refractivity contribution in [1.29, 1.82) is 0 Å². The van der Waals surface area contributed by atoms with Gasteiger partial charge in [0, 0.05) is 31.0 Å². The molecular weight excluding hydrogens is 488 g/mol. The number of rotatable bonds is 8. The first-order valence-corrected chi connectivity index (χ1v) is 13.5. The second-order valence-electron chi connectivity index (χ2n) is 8.73. The SMILES string of the molecule is Cc1nc2ccc(-c3cnn(C(O)CC(C)(CNC(=O)c4ccccc4O)S(C)(=O)=O)c3)cc2s1. The molecule has 0 radical (unpaired) electrons. The molecule has 4 rings (SSSR count). The van der Waals surface area contributed by atoms with E-state index < -0.39 is 26.7 Å². The molecule has 0 bridgehead atoms. The molecular formula is C24H26N4O5S2. The standard InChI is InChI=1S/C24H26N4O5S2/c1-15-27-19-9-8-16(10-21(19)34-15)17-12-26-28(13-17)22(30)11-24(2,35(3,32)33)14-25-23(31)18-6-4-5-7-20(18)29/h4-10,12-13,22,29-30H,11,14H2,1-3H3,(H,25,31). The van der Waals surface area contributed by atoms with Crippen LogP contribution < -0.4 is 5.32 Å². The van der Waals surface area contributed by atoms with E-state index in [0.29, 0.717) is 0 Å². The molecule has 2 aromatic heterocycles. The topological polar surface area (TPSA) is 134 Å². The number of thiazole rings is 1. The second kappa shape index (κ2) is 9.40. The number of aromatic nitrogens is 3. The largest absolute Gasteiger partial charge is 0.507 e. The fourth-order valence-corrected chi connectivity index (χ4v) is 5.38. The van der Waals surface area contributed by atoms with Gasteiger partial charge in [0.1, 0.15) is 12.0 Å². The van der Waals surface area contributed by atoms with Gasteiger partial charge in [0.05, 0.1) is 31.7 Å². The number of para-hydroxylation sites is 1. The van der Waals surface area contributed by atoms with Crippen LogP contribution in [0.1, 0.15) is 34.9 Å². The Morgan fingerprint density at radius 2 is 1.97 bits per heavy atom. The van der Waals surface area contributed by atoms with Gasteiger partial charge in [-0.3, -0.25) is 4.79 Å². The van der Waals surface area contributed by atoms with Gasteiger partial charge in [0.25, 0.3) is 5.91 Å². The van der Waals surface area contributed by atoms with Crippen LogP contribution in [-0.2, 0) is 9.84 Å². The van der Waals surface area contributed by atoms with Crippen LogP contribution in [0.2, 0.25) is 0 Å². The van der Waals surface area contributed by atoms with E-state index in [1.54, 1.807) is 35.9 Å². The lowest BCUT2D eigenvalue weighted by Gasteiger charge is -2.30. The number of aliphatic hydroxyl groups is 1. The van der Waals surface area contributed by atoms with Crippen molar-refractivity contribution in [3.8, 4) is 16.9 Å². The Labute approximate surface area is 207 Å². The maximum atomic E-state index is 12.6. The highest BCUT2D eigenvalue weighted by molar-refractivity contribution is 7.92. The third-order valence-corrected chi connectivity index (χ3v) is 9.05. The van der Waals surface area contributed by atoms with Crippen LogP contribution in [0.5, 0.6) is 5.75 Å². The Kier molecular flexibility index (Phi) is 6.67. The molecule has 2 heterocycles. The van der Waals surface area contributed by atoms with Crippen molar-refractivity contribution in [2.45, 2.75) is 31.2 Å². The Hall–Kier alpha value is -3.28. The smallest absolute Gasteiger partial charge is 0.255 e. The van der Waals surface area contributed by atoms with Crippen molar-refractivity contribution in [3.05, 3.63) is 65.4 Å². The average Bonchev–Trinajstić information content (AvgIpc) is 3.42. The summed E-state index contributed by atoms with van der Waals surface area (Å²) in [5, 5.41) is 28.5. The maximum absolute atomic E-state index is 12.6. The fourth-order valence-electron chi connectivity index (χ4n) is 3.73. The Bertz CT molecular complexity index is 1490. The average molecular weight is 515 g/mol. The molecule has 0 fully saturated rings. The van der Waals surface area contributed by atoms with Crippen LogP contribution in [0.15, 0.2) is 54.9 Å². The van der Waals surface area contributed by atoms with Crippen molar-refractivity contribution < 1.29 is 23.4 Å². The summed E-state index contributed by atoms with van der Waals surface area (Å²) in [4.78, 5) is 17.0. The lowest BCUT2D eigenvalue weighted by atomic mass is 10.1. The molecule has 0 aliphatic carbocycles. The summed E-state index contributed by atoms with van der Waals surface area (Å²) >= 11 is 1.59. The van der Waals surface area contributed by atoms with E-state index in [1.807, 2.05) is 25.1 Å². The van der Waals surface area contributed by atoms with E-state index in [-0.39, 0.29) is 24.3 Å². The molecule has 0 saturated carbocycles. The fraction of sp³-hybridized carbons (Fsp3) is 0.292. The quantitative estimate of drug-likeness (QED) is 0.328. The first kappa shape index (κ1) is 24.8. The number of nitrogens with one attached hydrogen (secondary N) is 1. The summed E-state index contributed by atoms with van der Waals surface area (Å²) in [7, 11) is -3.71. The number of hydrogen-bond acceptors (Lipinski definition) is 8. The summed E-state index contributed by atoms with van der Waals surface area (Å²) in [5.41, 5.74) is 2.62. The summed E-state index contributed by atoms with van der Waals surface area (Å²) < 4.78 is 26.1. The van der Waals surface area contributed by atoms with Gasteiger partial charge in [0.15, 0.2) is 9.84 Å². The zero-order chi connectivity index (χ0) is 25.4. The van der Waals surface area contributed by atoms with Gasteiger partial charge in [-0.15, -0.1) is 11.3 Å². The highest BCUT2D eigenvalue weighted by Crippen LogP contribution is 2.30. The molecule has 35 heavy (non-hydrogen) atoms. The van der Waals surface area contributed by atoms with E-state index in [9.17, 15) is 23.4 Å². The predicted molar refractivity (Wildman–Crippen MR) is 135 cm³/mol. The van der Waals surface area contributed by atoms with Gasteiger partial charge in [-0.1, -0.05) is 18.2 Å². The minimum absolute atomic E-state index is 0.0359. The number of carbonyl (C=O) groups is 1. The summed E-state index contributed by atoms with van der Waals surface area (Å²) in [6.07, 6.45) is 2.87. The molecule has 9 nitrogen and oxygen atoms in total. The molecule has 1 amide bonds. The van der Waals surface area contributed by atoms with Crippen molar-refractivity contribution in [3.63, 3.8) is 0 Å². The van der Waals surface area contributed by atoms with Gasteiger partial charge in [0.2, 0.25) is 0 Å². The molecule has 0 saturated heterocycles. The van der Waals surface area contributed by atoms with Gasteiger partial charge in [-0.25, -0.2) is 18.1 Å². The van der Waals surface area contributed by atoms with E-state index in [2.05, 4.69) is 15.4 Å². The van der Waals surface area contributed by atoms with Crippen LogP contribution in [0.25, 0.3) is 21.3 Å². The molecule has 2 unspecified atom stereocenters. The number of nitrogens with zero attached hydrogens (tertiary/aromatic N) is 3. The summed E-state index contributed by atoms with van der Waals surface area (Å²) in [6, 6.07) is 11.8. The Morgan fingerprint density at radius 3 is 2.69 bits per heavy atom. The zero-order valence-electron chi connectivity index (χ0n) is 19.5. The number of sulfone groups is 1. The molecule has 3 N–H and O–H groups in total. The van der Waals surface area contributed by atoms with E-state index in [0.717, 1.165) is 32.6 Å². The van der Waals surface area contributed by atoms with Gasteiger partial charge >= 0.3 is 0 Å². The van der Waals surface area contributed by atoms with Crippen molar-refractivity contribution >= 4 is 37.3 Å². The van der Waals surface area contributed by atoms with Gasteiger partial charge < -0.3 is 15.5 Å². The lowest BCUT2D eigenvalue weighted by molar-refractivity contribution is 0.0689. The van der Waals surface area contributed by atoms with Crippen molar-refractivity contribution in [2.24, 2.45) is 0 Å². The summed E-state index contributed by atoms with van der Waals surface area (Å²) in [5.74, 6) is -0.815. The first-order chi connectivity index (χ1) is 16.5. The number of benzene rings is 2. The Morgan fingerprint density at radius 1 is 1.23 bits per heavy atom. The predicted octanol–water partition coefficient (Wildman–Crippen LogP) is 3.29. The van der Waals surface area contributed by atoms with Crippen LogP contribution in [0.4, 0.5) is 0 Å². The zero-order valence-corrected chi connectivity index (χ0v) is 21.1. The number of carbonyl (C=O) groups excluding carboxylic acids is 1. The molecule has 4 aromatic rings. The minimum Gasteiger partial charge on any atom is -0.507 e. The third-order valence-electron chi connectivity index (χ3n) is 6.02. The molecule has 184 valence electrons. The van der Waals surface area contributed by atoms with E-state index >= 15 is 0 Å². The van der Waals surface area contributed by atoms with Crippen LogP contribution in [0.3, 0.4) is 0 Å². The highest BCUT2D eigenvalue weighted by Gasteiger charge is 2.39. The first-order valence-electron chi connectivity index (χ1n) is 10.8. The van der Waals surface area contributed by atoms with Crippen molar-refractivity contribution in [1.82, 2.24) is 20.1 Å². The monoisotopic (exact) mass is 514 g/mol. The molecule has 11 heteroatoms. The van der Waals surface area contributed by atoms with Gasteiger partial charge in [-0.05, 0) is 43.7 Å². The number of phenols is 1. The van der Waals surface area contributed by atoms with E-state index in [1.165, 1.54) is 23.7 Å². The van der Waals surface area contributed by atoms with Crippen LogP contribution in [0, 0.1) is 6.92 Å². The number of aryl methyl sites for hydroxylation is 1. The number of aromatic hydroxyl groups is 1. The normalized spacial score (nSPS) is 14.5. The number of amides is 1. The lowest BCUT2D eigenvalue weighted by Crippen LogP contribution is -2.47. The minimum atomic E-state index is -3.71. The highest BCUT2D eigenvalue weighted by atomic mass is 32.2. The van der Waals surface area contributed by atoms with E-state index in [4.69, 9.17) is 0 Å². The Balaban J connectivity index is 1.51. The molecule has 2 aromatic carbocycles. The molecule has 0 aliphatic heterocycles. The van der Waals surface area contributed by atoms with Crippen molar-refractivity contribution in [2.75, 3.05) is 12.8 Å². The summed E-state index contributed by atoms with van der Waals surface area (Å²) in [6.45, 7) is 3.15. The molecule has 2 atom stereocenters. The third kappa shape index (κ3) is 5.21. The number of aliphatic hydroxyl groups excluding tert-OH is 1. The second-order valence-corrected chi connectivity index (χ2v) is 12.5. The number of fused-ring (bicyclic) bond motifs is 1. The molecule has 0 spiro atoms. The number of phenolic OH excluding ortho intramolecular Hbond substituents is 1. The molecule has 0 aliphatic rings. The van der Waals surface area contributed by atoms with Gasteiger partial charge in [-0.2, -0.15) is 5.10 Å². The van der Waals surface area contributed by atoms with Crippen LogP contribution >= 0.6 is 11.3 Å². The maximum Gasteiger partial charge on any atom is 0.255 e. The number of hydrogen-bond donors (Lipinski definition) is 3. The van der Waals surface area contributed by atoms with Crippen LogP contribution in [-0.4, -0.2) is 56.9 Å².